The lowest BCUT2D eigenvalue weighted by atomic mass is 10.2. The summed E-state index contributed by atoms with van der Waals surface area (Å²) >= 11 is 1.21. The van der Waals surface area contributed by atoms with Crippen molar-refractivity contribution in [1.29, 1.82) is 0 Å². The number of oxime groups is 1. The monoisotopic (exact) mass is 299 g/mol. The summed E-state index contributed by atoms with van der Waals surface area (Å²) in [7, 11) is 2.57. The van der Waals surface area contributed by atoms with Gasteiger partial charge in [0.2, 0.25) is 11.6 Å². The zero-order valence-corrected chi connectivity index (χ0v) is 12.5. The first-order valence-electron chi connectivity index (χ1n) is 6.07. The lowest BCUT2D eigenvalue weighted by Gasteiger charge is -2.01. The van der Waals surface area contributed by atoms with E-state index in [1.54, 1.807) is 5.38 Å². The molecule has 1 N–H and O–H groups in total. The number of anilines is 1. The molecule has 8 heteroatoms. The number of carbonyl (C=O) groups is 2. The number of nitrogens with one attached hydrogen (secondary N) is 1. The van der Waals surface area contributed by atoms with Gasteiger partial charge in [0.1, 0.15) is 12.8 Å². The van der Waals surface area contributed by atoms with Gasteiger partial charge in [0.15, 0.2) is 5.13 Å². The van der Waals surface area contributed by atoms with E-state index in [4.69, 9.17) is 0 Å². The molecule has 0 saturated carbocycles. The number of aromatic nitrogens is 1. The molecule has 0 aromatic carbocycles. The van der Waals surface area contributed by atoms with Gasteiger partial charge in [-0.15, -0.1) is 11.3 Å². The van der Waals surface area contributed by atoms with Gasteiger partial charge in [-0.3, -0.25) is 4.79 Å². The number of carbonyl (C=O) groups excluding carboxylic acids is 2. The van der Waals surface area contributed by atoms with Crippen LogP contribution >= 0.6 is 11.3 Å². The Kier molecular flexibility index (Phi) is 6.65. The Morgan fingerprint density at radius 3 is 2.80 bits per heavy atom. The van der Waals surface area contributed by atoms with E-state index < -0.39 is 5.97 Å². The molecule has 0 radical (unpaired) electrons. The van der Waals surface area contributed by atoms with Crippen molar-refractivity contribution >= 4 is 34.1 Å². The molecule has 0 saturated heterocycles. The molecule has 110 valence electrons. The molecule has 0 fully saturated rings. The first-order valence-corrected chi connectivity index (χ1v) is 6.95. The Labute approximate surface area is 121 Å². The number of ether oxygens (including phenoxy) is 1. The summed E-state index contributed by atoms with van der Waals surface area (Å²) in [5, 5.41) is 8.26. The van der Waals surface area contributed by atoms with Crippen molar-refractivity contribution in [2.75, 3.05) is 19.5 Å². The number of amides is 1. The topological polar surface area (TPSA) is 89.9 Å². The van der Waals surface area contributed by atoms with Crippen LogP contribution in [0.3, 0.4) is 0 Å². The number of esters is 1. The highest BCUT2D eigenvalue weighted by Crippen LogP contribution is 2.17. The van der Waals surface area contributed by atoms with E-state index in [0.717, 1.165) is 12.8 Å². The van der Waals surface area contributed by atoms with Crippen LogP contribution in [-0.2, 0) is 19.2 Å². The van der Waals surface area contributed by atoms with Gasteiger partial charge in [-0.1, -0.05) is 18.5 Å². The van der Waals surface area contributed by atoms with Crippen LogP contribution in [0.2, 0.25) is 0 Å². The molecule has 0 spiro atoms. The third kappa shape index (κ3) is 4.61. The number of hydrogen-bond donors (Lipinski definition) is 1. The van der Waals surface area contributed by atoms with Crippen LogP contribution in [0.4, 0.5) is 5.13 Å². The third-order valence-electron chi connectivity index (χ3n) is 2.31. The predicted molar refractivity (Wildman–Crippen MR) is 75.8 cm³/mol. The standard InChI is InChI=1S/C12H17N3O4S/c1-4-5-6-9(16)14-12-13-8(7-20-12)10(15-19-3)11(17)18-2/h7H,4-6H2,1-3H3,(H,13,14,16). The molecule has 0 unspecified atom stereocenters. The molecule has 1 heterocycles. The van der Waals surface area contributed by atoms with Crippen LogP contribution in [0.25, 0.3) is 0 Å². The van der Waals surface area contributed by atoms with E-state index in [-0.39, 0.29) is 11.6 Å². The molecule has 0 aliphatic rings. The molecule has 20 heavy (non-hydrogen) atoms. The van der Waals surface area contributed by atoms with Crippen LogP contribution in [0.5, 0.6) is 0 Å². The van der Waals surface area contributed by atoms with Gasteiger partial charge >= 0.3 is 5.97 Å². The summed E-state index contributed by atoms with van der Waals surface area (Å²) in [5.74, 6) is -0.753. The van der Waals surface area contributed by atoms with E-state index in [9.17, 15) is 9.59 Å². The number of hydrogen-bond acceptors (Lipinski definition) is 7. The molecule has 1 aromatic heterocycles. The summed E-state index contributed by atoms with van der Waals surface area (Å²) in [6, 6.07) is 0. The van der Waals surface area contributed by atoms with E-state index >= 15 is 0 Å². The molecular weight excluding hydrogens is 282 g/mol. The minimum atomic E-state index is -0.652. The van der Waals surface area contributed by atoms with E-state index in [0.29, 0.717) is 17.2 Å². The van der Waals surface area contributed by atoms with Crippen molar-refractivity contribution < 1.29 is 19.2 Å². The molecule has 7 nitrogen and oxygen atoms in total. The SMILES string of the molecule is CCCCC(=O)Nc1nc(C(=NOC)C(=O)OC)cs1. The fraction of sp³-hybridized carbons (Fsp3) is 0.500. The highest BCUT2D eigenvalue weighted by atomic mass is 32.1. The minimum Gasteiger partial charge on any atom is -0.464 e. The van der Waals surface area contributed by atoms with Crippen LogP contribution in [0, 0.1) is 0 Å². The minimum absolute atomic E-state index is 0.0414. The maximum absolute atomic E-state index is 11.6. The van der Waals surface area contributed by atoms with E-state index in [1.165, 1.54) is 25.6 Å². The zero-order valence-electron chi connectivity index (χ0n) is 11.6. The molecular formula is C12H17N3O4S. The number of thiazole rings is 1. The van der Waals surface area contributed by atoms with Gasteiger partial charge in [-0.2, -0.15) is 0 Å². The molecule has 0 aliphatic carbocycles. The lowest BCUT2D eigenvalue weighted by molar-refractivity contribution is -0.132. The smallest absolute Gasteiger partial charge is 0.362 e. The number of rotatable bonds is 7. The van der Waals surface area contributed by atoms with Crippen molar-refractivity contribution in [1.82, 2.24) is 4.98 Å². The van der Waals surface area contributed by atoms with E-state index in [2.05, 4.69) is 25.0 Å². The summed E-state index contributed by atoms with van der Waals surface area (Å²) in [4.78, 5) is 31.8. The average molecular weight is 299 g/mol. The largest absolute Gasteiger partial charge is 0.464 e. The maximum Gasteiger partial charge on any atom is 0.362 e. The van der Waals surface area contributed by atoms with Gasteiger partial charge in [-0.05, 0) is 6.42 Å². The van der Waals surface area contributed by atoms with Crippen molar-refractivity contribution in [2.24, 2.45) is 5.16 Å². The number of nitrogens with zero attached hydrogens (tertiary/aromatic N) is 2. The van der Waals surface area contributed by atoms with Crippen molar-refractivity contribution in [3.05, 3.63) is 11.1 Å². The fourth-order valence-electron chi connectivity index (χ4n) is 1.34. The first kappa shape index (κ1) is 16.1. The predicted octanol–water partition coefficient (Wildman–Crippen LogP) is 1.80. The Morgan fingerprint density at radius 2 is 2.20 bits per heavy atom. The summed E-state index contributed by atoms with van der Waals surface area (Å²) in [6.07, 6.45) is 2.22. The molecule has 1 amide bonds. The molecule has 0 atom stereocenters. The van der Waals surface area contributed by atoms with Gasteiger partial charge in [0, 0.05) is 11.8 Å². The van der Waals surface area contributed by atoms with Gasteiger partial charge in [-0.25, -0.2) is 9.78 Å². The molecule has 1 aromatic rings. The Morgan fingerprint density at radius 1 is 1.45 bits per heavy atom. The summed E-state index contributed by atoms with van der Waals surface area (Å²) in [6.45, 7) is 2.01. The second kappa shape index (κ2) is 8.26. The van der Waals surface area contributed by atoms with Gasteiger partial charge in [0.05, 0.1) is 7.11 Å². The lowest BCUT2D eigenvalue weighted by Crippen LogP contribution is -2.18. The normalized spacial score (nSPS) is 11.1. The Bertz CT molecular complexity index is 499. The average Bonchev–Trinajstić information content (AvgIpc) is 2.89. The highest BCUT2D eigenvalue weighted by Gasteiger charge is 2.19. The molecule has 0 bridgehead atoms. The Hall–Kier alpha value is -1.96. The van der Waals surface area contributed by atoms with Crippen LogP contribution in [0.15, 0.2) is 10.5 Å². The summed E-state index contributed by atoms with van der Waals surface area (Å²) < 4.78 is 4.59. The first-order chi connectivity index (χ1) is 9.62. The number of methoxy groups -OCH3 is 1. The quantitative estimate of drug-likeness (QED) is 0.471. The van der Waals surface area contributed by atoms with Crippen LogP contribution in [-0.4, -0.2) is 36.8 Å². The zero-order chi connectivity index (χ0) is 15.0. The second-order valence-corrected chi connectivity index (χ2v) is 4.66. The van der Waals surface area contributed by atoms with Crippen molar-refractivity contribution in [3.63, 3.8) is 0 Å². The Balaban J connectivity index is 2.77. The third-order valence-corrected chi connectivity index (χ3v) is 3.07. The summed E-state index contributed by atoms with van der Waals surface area (Å²) in [5.41, 5.74) is 0.259. The van der Waals surface area contributed by atoms with Crippen molar-refractivity contribution in [2.45, 2.75) is 26.2 Å². The van der Waals surface area contributed by atoms with Crippen molar-refractivity contribution in [3.8, 4) is 0 Å². The van der Waals surface area contributed by atoms with Crippen LogP contribution in [0.1, 0.15) is 31.9 Å². The van der Waals surface area contributed by atoms with E-state index in [1.807, 2.05) is 6.92 Å². The fourth-order valence-corrected chi connectivity index (χ4v) is 2.05. The maximum atomic E-state index is 11.6. The molecule has 1 rings (SSSR count). The van der Waals surface area contributed by atoms with Crippen LogP contribution < -0.4 is 5.32 Å². The highest BCUT2D eigenvalue weighted by molar-refractivity contribution is 7.14. The molecule has 0 aliphatic heterocycles. The number of unbranched alkanes of at least 4 members (excludes halogenated alkanes) is 1. The second-order valence-electron chi connectivity index (χ2n) is 3.80. The van der Waals surface area contributed by atoms with Gasteiger partial charge < -0.3 is 14.9 Å². The van der Waals surface area contributed by atoms with Gasteiger partial charge in [0.25, 0.3) is 0 Å².